The second kappa shape index (κ2) is 16.2. The number of hydrogen-bond donors (Lipinski definition) is 0. The lowest BCUT2D eigenvalue weighted by atomic mass is 10.1. The molecule has 7 nitrogen and oxygen atoms in total. The van der Waals surface area contributed by atoms with Crippen LogP contribution in [0.1, 0.15) is 43.9 Å². The molecule has 0 fully saturated rings. The molecule has 0 atom stereocenters. The van der Waals surface area contributed by atoms with Gasteiger partial charge in [-0.25, -0.2) is 0 Å². The Kier molecular flexibility index (Phi) is 11.1. The Morgan fingerprint density at radius 3 is 1.30 bits per heavy atom. The molecule has 0 bridgehead atoms. The first-order valence-electron chi connectivity index (χ1n) is 16.0. The Labute approximate surface area is 293 Å². The van der Waals surface area contributed by atoms with Crippen molar-refractivity contribution in [1.82, 2.24) is 0 Å². The number of benzene rings is 3. The van der Waals surface area contributed by atoms with E-state index in [4.69, 9.17) is 9.47 Å². The predicted molar refractivity (Wildman–Crippen MR) is 196 cm³/mol. The largest absolute Gasteiger partial charge is 0.462 e. The third kappa shape index (κ3) is 8.44. The molecule has 2 heterocycles. The quantitative estimate of drug-likeness (QED) is 0.211. The summed E-state index contributed by atoms with van der Waals surface area (Å²) < 4.78 is 11.6. The molecule has 5 rings (SSSR count). The second-order valence-corrected chi connectivity index (χ2v) is 11.5. The summed E-state index contributed by atoms with van der Waals surface area (Å²) in [7, 11) is 0. The first kappa shape index (κ1) is 34.3. The zero-order valence-corrected chi connectivity index (χ0v) is 28.0. The van der Waals surface area contributed by atoms with Crippen LogP contribution in [0.25, 0.3) is 12.2 Å². The van der Waals surface area contributed by atoms with Gasteiger partial charge < -0.3 is 14.4 Å². The fourth-order valence-electron chi connectivity index (χ4n) is 5.45. The molecule has 0 saturated heterocycles. The molecule has 0 aliphatic carbocycles. The Morgan fingerprint density at radius 1 is 0.560 bits per heavy atom. The van der Waals surface area contributed by atoms with Crippen LogP contribution in [0.2, 0.25) is 0 Å². The summed E-state index contributed by atoms with van der Waals surface area (Å²) in [4.78, 5) is 2.20. The van der Waals surface area contributed by atoms with Crippen molar-refractivity contribution >= 4 is 29.2 Å². The molecule has 0 spiro atoms. The lowest BCUT2D eigenvalue weighted by Gasteiger charge is -2.26. The van der Waals surface area contributed by atoms with Gasteiger partial charge in [0.1, 0.15) is 58.5 Å². The van der Waals surface area contributed by atoms with Crippen LogP contribution < -0.4 is 4.90 Å². The molecule has 2 aliphatic rings. The fourth-order valence-corrected chi connectivity index (χ4v) is 5.45. The highest BCUT2D eigenvalue weighted by Gasteiger charge is 2.14. The monoisotopic (exact) mass is 651 g/mol. The van der Waals surface area contributed by atoms with Gasteiger partial charge in [0.2, 0.25) is 0 Å². The molecule has 3 aromatic rings. The summed E-state index contributed by atoms with van der Waals surface area (Å²) in [5, 5.41) is 37.1. The maximum atomic E-state index is 9.28. The molecule has 0 amide bonds. The van der Waals surface area contributed by atoms with Gasteiger partial charge >= 0.3 is 0 Å². The van der Waals surface area contributed by atoms with Crippen molar-refractivity contribution in [1.29, 1.82) is 21.0 Å². The molecule has 7 heteroatoms. The predicted octanol–water partition coefficient (Wildman–Crippen LogP) is 10.5. The van der Waals surface area contributed by atoms with E-state index < -0.39 is 0 Å². The fraction of sp³-hybridized carbons (Fsp3) is 0.116. The van der Waals surface area contributed by atoms with Crippen LogP contribution in [0.4, 0.5) is 17.1 Å². The number of rotatable bonds is 9. The van der Waals surface area contributed by atoms with Crippen LogP contribution in [-0.2, 0) is 15.9 Å². The number of aryl methyl sites for hydroxylation is 1. The third-order valence-electron chi connectivity index (χ3n) is 7.81. The van der Waals surface area contributed by atoms with Gasteiger partial charge in [-0.1, -0.05) is 61.9 Å². The number of allylic oxidation sites excluding steroid dienone is 12. The average Bonchev–Trinajstić information content (AvgIpc) is 3.12. The number of nitrogens with zero attached hydrogens (tertiary/aromatic N) is 5. The van der Waals surface area contributed by atoms with Crippen molar-refractivity contribution in [3.05, 3.63) is 171 Å². The Hall–Kier alpha value is -7.06. The second-order valence-electron chi connectivity index (χ2n) is 11.5. The molecule has 0 N–H and O–H groups in total. The number of anilines is 3. The Bertz CT molecular complexity index is 2030. The van der Waals surface area contributed by atoms with Gasteiger partial charge in [-0.05, 0) is 110 Å². The lowest BCUT2D eigenvalue weighted by molar-refractivity contribution is 0.318. The van der Waals surface area contributed by atoms with Gasteiger partial charge in [-0.15, -0.1) is 0 Å². The van der Waals surface area contributed by atoms with Crippen molar-refractivity contribution in [2.45, 2.75) is 33.6 Å². The minimum atomic E-state index is 0.0380. The zero-order chi connectivity index (χ0) is 35.5. The Morgan fingerprint density at radius 2 is 0.940 bits per heavy atom. The summed E-state index contributed by atoms with van der Waals surface area (Å²) >= 11 is 0. The molecule has 0 aromatic heterocycles. The lowest BCUT2D eigenvalue weighted by Crippen LogP contribution is -2.10. The van der Waals surface area contributed by atoms with Gasteiger partial charge in [0.15, 0.2) is 0 Å². The molecule has 2 aliphatic heterocycles. The smallest absolute Gasteiger partial charge is 0.137 e. The first-order valence-corrected chi connectivity index (χ1v) is 16.0. The standard InChI is InChI=1S/C43H33N5O2/c1-4-5-32-6-14-39(15-7-32)48(40-16-8-33(9-17-40)12-20-42-24-35(22-30(2)49-42)37(26-44)27-45)41-18-10-34(11-19-41)13-21-43-25-36(23-31(3)50-43)38(28-46)29-47/h6-25H,4-5H2,1-3H3/b20-12+,21-13+. The van der Waals surface area contributed by atoms with E-state index in [0.29, 0.717) is 34.2 Å². The average molecular weight is 652 g/mol. The van der Waals surface area contributed by atoms with Crippen LogP contribution in [-0.4, -0.2) is 0 Å². The number of ether oxygens (including phenoxy) is 2. The molecule has 0 radical (unpaired) electrons. The highest BCUT2D eigenvalue weighted by molar-refractivity contribution is 5.78. The summed E-state index contributed by atoms with van der Waals surface area (Å²) in [6, 6.07) is 32.7. The molecule has 0 unspecified atom stereocenters. The minimum Gasteiger partial charge on any atom is -0.462 e. The van der Waals surface area contributed by atoms with E-state index in [1.807, 2.05) is 72.8 Å². The van der Waals surface area contributed by atoms with Crippen LogP contribution >= 0.6 is 0 Å². The summed E-state index contributed by atoms with van der Waals surface area (Å²) in [5.41, 5.74) is 7.30. The van der Waals surface area contributed by atoms with Crippen LogP contribution in [0.15, 0.2) is 155 Å². The van der Waals surface area contributed by atoms with Crippen molar-refractivity contribution in [2.75, 3.05) is 4.90 Å². The molecule has 3 aromatic carbocycles. The normalized spacial score (nSPS) is 13.7. The molecule has 242 valence electrons. The number of hydrogen-bond acceptors (Lipinski definition) is 7. The molecule has 50 heavy (non-hydrogen) atoms. The Balaban J connectivity index is 1.41. The zero-order valence-electron chi connectivity index (χ0n) is 28.0. The van der Waals surface area contributed by atoms with Gasteiger partial charge in [-0.3, -0.25) is 0 Å². The van der Waals surface area contributed by atoms with E-state index in [-0.39, 0.29) is 11.1 Å². The van der Waals surface area contributed by atoms with Gasteiger partial charge in [-0.2, -0.15) is 21.0 Å². The summed E-state index contributed by atoms with van der Waals surface area (Å²) in [6.45, 7) is 5.74. The molecular formula is C43H33N5O2. The first-order chi connectivity index (χ1) is 24.3. The van der Waals surface area contributed by atoms with E-state index >= 15 is 0 Å². The van der Waals surface area contributed by atoms with E-state index in [1.54, 1.807) is 38.2 Å². The van der Waals surface area contributed by atoms with Crippen molar-refractivity contribution < 1.29 is 9.47 Å². The third-order valence-corrected chi connectivity index (χ3v) is 7.81. The minimum absolute atomic E-state index is 0.0380. The van der Waals surface area contributed by atoms with Crippen LogP contribution in [0.3, 0.4) is 0 Å². The SMILES string of the molecule is CCCc1ccc(N(c2ccc(/C=C/C3=CC(=C(C#N)C#N)C=C(C)O3)cc2)c2ccc(/C=C/C3=CC(=C(C#N)C#N)C=C(C)O3)cc2)cc1. The topological polar surface area (TPSA) is 117 Å². The van der Waals surface area contributed by atoms with E-state index in [9.17, 15) is 21.0 Å². The van der Waals surface area contributed by atoms with E-state index in [1.165, 1.54) is 5.56 Å². The molecular weight excluding hydrogens is 619 g/mol. The van der Waals surface area contributed by atoms with Gasteiger partial charge in [0.25, 0.3) is 0 Å². The summed E-state index contributed by atoms with van der Waals surface area (Å²) in [5.74, 6) is 2.29. The van der Waals surface area contributed by atoms with E-state index in [0.717, 1.165) is 41.0 Å². The van der Waals surface area contributed by atoms with Crippen molar-refractivity contribution in [2.24, 2.45) is 0 Å². The van der Waals surface area contributed by atoms with Crippen molar-refractivity contribution in [3.63, 3.8) is 0 Å². The van der Waals surface area contributed by atoms with E-state index in [2.05, 4.69) is 60.4 Å². The highest BCUT2D eigenvalue weighted by atomic mass is 16.5. The van der Waals surface area contributed by atoms with Gasteiger partial charge in [0.05, 0.1) is 0 Å². The van der Waals surface area contributed by atoms with Crippen molar-refractivity contribution in [3.8, 4) is 24.3 Å². The maximum absolute atomic E-state index is 9.28. The van der Waals surface area contributed by atoms with Crippen LogP contribution in [0, 0.1) is 45.3 Å². The maximum Gasteiger partial charge on any atom is 0.137 e. The summed E-state index contributed by atoms with van der Waals surface area (Å²) in [6.07, 6.45) is 16.3. The highest BCUT2D eigenvalue weighted by Crippen LogP contribution is 2.35. The van der Waals surface area contributed by atoms with Crippen LogP contribution in [0.5, 0.6) is 0 Å². The van der Waals surface area contributed by atoms with Gasteiger partial charge in [0, 0.05) is 28.2 Å². The number of nitriles is 4. The molecule has 0 saturated carbocycles.